The Labute approximate surface area is 376 Å². The van der Waals surface area contributed by atoms with Gasteiger partial charge in [-0.25, -0.2) is 14.8 Å². The molecule has 322 valence electrons. The molecule has 2 aromatic carbocycles. The first kappa shape index (κ1) is 40.2. The summed E-state index contributed by atoms with van der Waals surface area (Å²) in [5, 5.41) is 0. The first-order valence-electron chi connectivity index (χ1n) is 22.3. The fourth-order valence-corrected chi connectivity index (χ4v) is 10.5. The fourth-order valence-electron chi connectivity index (χ4n) is 10.5. The number of esters is 1. The number of carbonyl (C=O) groups excluding carboxylic acids is 2. The van der Waals surface area contributed by atoms with Crippen molar-refractivity contribution in [2.24, 2.45) is 5.73 Å². The van der Waals surface area contributed by atoms with E-state index in [0.29, 0.717) is 35.0 Å². The Bertz CT molecular complexity index is 3150. The predicted octanol–water partition coefficient (Wildman–Crippen LogP) is 10.5. The maximum absolute atomic E-state index is 11.8. The van der Waals surface area contributed by atoms with Crippen LogP contribution in [0.5, 0.6) is 0 Å². The molecule has 4 bridgehead atoms. The van der Waals surface area contributed by atoms with E-state index in [1.54, 1.807) is 24.3 Å². The van der Waals surface area contributed by atoms with E-state index in [2.05, 4.69) is 43.4 Å². The summed E-state index contributed by atoms with van der Waals surface area (Å²) in [5.41, 5.74) is 20.1. The Hall–Kier alpha value is -7.60. The number of carbonyl (C=O) groups is 2. The Morgan fingerprint density at radius 3 is 1.45 bits per heavy atom. The van der Waals surface area contributed by atoms with Gasteiger partial charge in [0.15, 0.2) is 0 Å². The van der Waals surface area contributed by atoms with Crippen molar-refractivity contribution in [1.82, 2.24) is 39.0 Å². The molecule has 65 heavy (non-hydrogen) atoms. The smallest absolute Gasteiger partial charge is 0.337 e. The zero-order valence-corrected chi connectivity index (χ0v) is 36.5. The lowest BCUT2D eigenvalue weighted by Crippen LogP contribution is -2.10. The third kappa shape index (κ3) is 7.19. The van der Waals surface area contributed by atoms with Gasteiger partial charge in [-0.15, -0.1) is 0 Å². The molecule has 12 nitrogen and oxygen atoms in total. The predicted molar refractivity (Wildman–Crippen MR) is 249 cm³/mol. The molecule has 12 heteroatoms. The second-order valence-corrected chi connectivity index (χ2v) is 17.6. The Balaban J connectivity index is 0.000000144. The monoisotopic (exact) mass is 857 g/mol. The van der Waals surface area contributed by atoms with Gasteiger partial charge in [-0.3, -0.25) is 24.7 Å². The lowest BCUT2D eigenvalue weighted by atomic mass is 10.0. The summed E-state index contributed by atoms with van der Waals surface area (Å²) in [6.07, 6.45) is 10.9. The summed E-state index contributed by atoms with van der Waals surface area (Å²) in [4.78, 5) is 52.2. The van der Waals surface area contributed by atoms with Crippen LogP contribution in [-0.2, 0) is 4.74 Å². The molecule has 6 aromatic heterocycles. The van der Waals surface area contributed by atoms with Crippen LogP contribution < -0.4 is 5.73 Å². The van der Waals surface area contributed by atoms with Crippen molar-refractivity contribution < 1.29 is 14.3 Å². The van der Waals surface area contributed by atoms with Crippen molar-refractivity contribution >= 4 is 11.9 Å². The molecule has 0 saturated heterocycles. The molecular formula is C53H47N9O3. The van der Waals surface area contributed by atoms with E-state index >= 15 is 0 Å². The summed E-state index contributed by atoms with van der Waals surface area (Å²) in [6, 6.07) is 36.1. The molecule has 0 spiro atoms. The van der Waals surface area contributed by atoms with E-state index in [4.69, 9.17) is 30.4 Å². The highest BCUT2D eigenvalue weighted by atomic mass is 16.5. The van der Waals surface area contributed by atoms with Gasteiger partial charge in [0.1, 0.15) is 23.0 Å². The molecule has 2 N–H and O–H groups in total. The van der Waals surface area contributed by atoms with Crippen LogP contribution in [0.3, 0.4) is 0 Å². The Morgan fingerprint density at radius 1 is 0.554 bits per heavy atom. The highest BCUT2D eigenvalue weighted by Crippen LogP contribution is 2.54. The largest absolute Gasteiger partial charge is 0.465 e. The molecule has 12 rings (SSSR count). The van der Waals surface area contributed by atoms with Gasteiger partial charge in [0.25, 0.3) is 0 Å². The molecule has 2 saturated carbocycles. The van der Waals surface area contributed by atoms with Gasteiger partial charge in [-0.05, 0) is 125 Å². The van der Waals surface area contributed by atoms with Crippen molar-refractivity contribution in [3.05, 3.63) is 156 Å². The second kappa shape index (κ2) is 16.2. The van der Waals surface area contributed by atoms with Crippen LogP contribution in [0.1, 0.15) is 106 Å². The van der Waals surface area contributed by atoms with Gasteiger partial charge in [-0.2, -0.15) is 0 Å². The number of primary amides is 1. The first-order valence-corrected chi connectivity index (χ1v) is 22.3. The standard InChI is InChI=1S/C27H24N4O2.C26H23N5O/c1-16-4-3-5-22(29-16)24-25(31-21-11-10-20(14-21)26(31)30-24)19-12-13-28-23(15-19)17-6-8-18(9-7-17)27(32)33-2;1-15-3-2-4-21(29-15)23-24(31-20-10-9-19(13-20)26(31)30-23)18-11-12-28-22(14-18)16-5-7-17(8-6-16)25(27)32/h3-9,12-13,15,20-21H,10-11,14H2,1-2H3;2-8,11-12,14,19-20H,9-10,13H2,1H3,(H2,27,32). The number of fused-ring (bicyclic) bond motifs is 10. The van der Waals surface area contributed by atoms with Gasteiger partial charge in [0.2, 0.25) is 5.91 Å². The maximum Gasteiger partial charge on any atom is 0.337 e. The number of aromatic nitrogens is 8. The van der Waals surface area contributed by atoms with Crippen LogP contribution in [-0.4, -0.2) is 58.0 Å². The molecule has 2 aliphatic heterocycles. The van der Waals surface area contributed by atoms with Crippen LogP contribution in [0.25, 0.3) is 67.8 Å². The van der Waals surface area contributed by atoms with E-state index in [-0.39, 0.29) is 5.97 Å². The maximum atomic E-state index is 11.8. The molecule has 8 heterocycles. The minimum absolute atomic E-state index is 0.344. The number of methoxy groups -OCH3 is 1. The molecule has 1 amide bonds. The highest BCUT2D eigenvalue weighted by Gasteiger charge is 2.43. The molecule has 2 aliphatic carbocycles. The second-order valence-electron chi connectivity index (χ2n) is 17.6. The SMILES string of the molecule is COC(=O)c1ccc(-c2cc(-c3c(-c4cccc(C)n4)nc4n3C3CCC4C3)ccn2)cc1.Cc1cccc(-c2nc3n(c2-c2ccnc(-c4ccc(C(N)=O)cc4)c2)C2CCC3C2)n1. The van der Waals surface area contributed by atoms with E-state index in [9.17, 15) is 9.59 Å². The zero-order valence-electron chi connectivity index (χ0n) is 36.5. The lowest BCUT2D eigenvalue weighted by molar-refractivity contribution is 0.0600. The third-order valence-electron chi connectivity index (χ3n) is 13.5. The number of amides is 1. The van der Waals surface area contributed by atoms with Gasteiger partial charge >= 0.3 is 5.97 Å². The molecule has 4 aliphatic rings. The van der Waals surface area contributed by atoms with Crippen LogP contribution in [0.2, 0.25) is 0 Å². The van der Waals surface area contributed by atoms with Gasteiger partial charge in [-0.1, -0.05) is 36.4 Å². The van der Waals surface area contributed by atoms with Crippen molar-refractivity contribution in [1.29, 1.82) is 0 Å². The summed E-state index contributed by atoms with van der Waals surface area (Å²) in [5.74, 6) is 2.69. The third-order valence-corrected chi connectivity index (χ3v) is 13.5. The number of pyridine rings is 4. The van der Waals surface area contributed by atoms with E-state index < -0.39 is 5.91 Å². The zero-order chi connectivity index (χ0) is 44.3. The van der Waals surface area contributed by atoms with E-state index in [1.807, 2.05) is 86.9 Å². The number of ether oxygens (including phenoxy) is 1. The molecule has 8 aromatic rings. The van der Waals surface area contributed by atoms with Crippen molar-refractivity contribution in [3.8, 4) is 67.8 Å². The molecule has 4 atom stereocenters. The summed E-state index contributed by atoms with van der Waals surface area (Å²) in [6.45, 7) is 4.02. The average molecular weight is 858 g/mol. The van der Waals surface area contributed by atoms with Gasteiger partial charge in [0, 0.05) is 75.5 Å². The first-order chi connectivity index (χ1) is 31.7. The number of aryl methyl sites for hydroxylation is 2. The molecule has 2 fully saturated rings. The lowest BCUT2D eigenvalue weighted by Gasteiger charge is -2.17. The number of hydrogen-bond acceptors (Lipinski definition) is 9. The highest BCUT2D eigenvalue weighted by molar-refractivity contribution is 5.93. The van der Waals surface area contributed by atoms with E-state index in [1.165, 1.54) is 57.3 Å². The number of hydrogen-bond donors (Lipinski definition) is 1. The van der Waals surface area contributed by atoms with Crippen molar-refractivity contribution in [3.63, 3.8) is 0 Å². The van der Waals surface area contributed by atoms with Crippen LogP contribution in [0.15, 0.2) is 122 Å². The Morgan fingerprint density at radius 2 is 1.02 bits per heavy atom. The van der Waals surface area contributed by atoms with Crippen LogP contribution in [0, 0.1) is 13.8 Å². The van der Waals surface area contributed by atoms with Crippen molar-refractivity contribution in [2.45, 2.75) is 76.3 Å². The quantitative estimate of drug-likeness (QED) is 0.147. The number of benzene rings is 2. The number of rotatable bonds is 8. The summed E-state index contributed by atoms with van der Waals surface area (Å²) < 4.78 is 9.71. The molecular weight excluding hydrogens is 811 g/mol. The van der Waals surface area contributed by atoms with Crippen LogP contribution in [0.4, 0.5) is 0 Å². The summed E-state index contributed by atoms with van der Waals surface area (Å²) >= 11 is 0. The topological polar surface area (TPSA) is 157 Å². The summed E-state index contributed by atoms with van der Waals surface area (Å²) in [7, 11) is 1.39. The van der Waals surface area contributed by atoms with Crippen molar-refractivity contribution in [2.75, 3.05) is 7.11 Å². The fraction of sp³-hybridized carbons (Fsp3) is 0.245. The van der Waals surface area contributed by atoms with Gasteiger partial charge < -0.3 is 19.6 Å². The Kier molecular flexibility index (Phi) is 10.0. The minimum Gasteiger partial charge on any atom is -0.465 e. The number of imidazole rings is 2. The number of nitrogens with two attached hydrogens (primary N) is 1. The van der Waals surface area contributed by atoms with Crippen LogP contribution >= 0.6 is 0 Å². The van der Waals surface area contributed by atoms with Gasteiger partial charge in [0.05, 0.1) is 46.8 Å². The average Bonchev–Trinajstić information content (AvgIpc) is 4.21. The molecule has 0 radical (unpaired) electrons. The van der Waals surface area contributed by atoms with E-state index in [0.717, 1.165) is 79.2 Å². The molecule has 4 unspecified atom stereocenters. The number of nitrogens with zero attached hydrogens (tertiary/aromatic N) is 8. The minimum atomic E-state index is -0.432. The normalized spacial score (nSPS) is 18.5.